The second-order valence-corrected chi connectivity index (χ2v) is 5.23. The molecule has 0 bridgehead atoms. The van der Waals surface area contributed by atoms with Crippen molar-refractivity contribution in [1.29, 1.82) is 0 Å². The second kappa shape index (κ2) is 7.19. The van der Waals surface area contributed by atoms with Gasteiger partial charge in [0.15, 0.2) is 0 Å². The van der Waals surface area contributed by atoms with Crippen molar-refractivity contribution in [1.82, 2.24) is 4.90 Å². The van der Waals surface area contributed by atoms with E-state index in [0.717, 1.165) is 19.0 Å². The Morgan fingerprint density at radius 2 is 2.10 bits per heavy atom. The van der Waals surface area contributed by atoms with Crippen molar-refractivity contribution in [3.63, 3.8) is 0 Å². The van der Waals surface area contributed by atoms with Crippen molar-refractivity contribution >= 4 is 11.4 Å². The van der Waals surface area contributed by atoms with Crippen molar-refractivity contribution in [3.05, 3.63) is 33.6 Å². The summed E-state index contributed by atoms with van der Waals surface area (Å²) in [6.45, 7) is 7.33. The van der Waals surface area contributed by atoms with Gasteiger partial charge >= 0.3 is 0 Å². The number of nitrogens with zero attached hydrogens (tertiary/aromatic N) is 2. The molecule has 1 N–H and O–H groups in total. The minimum absolute atomic E-state index is 0.217. The minimum atomic E-state index is -0.564. The molecule has 1 aromatic carbocycles. The maximum absolute atomic E-state index is 13.4. The SMILES string of the molecule is Cc1cc(NCCCN(C)C(C)C)c([N+](=O)[O-])cc1F. The van der Waals surface area contributed by atoms with Crippen molar-refractivity contribution < 1.29 is 9.31 Å². The highest BCUT2D eigenvalue weighted by atomic mass is 19.1. The van der Waals surface area contributed by atoms with Crippen LogP contribution >= 0.6 is 0 Å². The molecule has 0 aliphatic carbocycles. The quantitative estimate of drug-likeness (QED) is 0.474. The van der Waals surface area contributed by atoms with Gasteiger partial charge in [-0.1, -0.05) is 0 Å². The molecule has 20 heavy (non-hydrogen) atoms. The average molecular weight is 283 g/mol. The predicted molar refractivity (Wildman–Crippen MR) is 78.7 cm³/mol. The Balaban J connectivity index is 2.63. The van der Waals surface area contributed by atoms with Crippen LogP contribution in [-0.4, -0.2) is 36.0 Å². The third kappa shape index (κ3) is 4.45. The van der Waals surface area contributed by atoms with Gasteiger partial charge in [-0.25, -0.2) is 4.39 Å². The topological polar surface area (TPSA) is 58.4 Å². The first kappa shape index (κ1) is 16.4. The third-order valence-electron chi connectivity index (χ3n) is 3.36. The Morgan fingerprint density at radius 1 is 1.45 bits per heavy atom. The van der Waals surface area contributed by atoms with Crippen molar-refractivity contribution in [3.8, 4) is 0 Å². The van der Waals surface area contributed by atoms with Gasteiger partial charge in [0.05, 0.1) is 11.0 Å². The van der Waals surface area contributed by atoms with E-state index in [9.17, 15) is 14.5 Å². The van der Waals surface area contributed by atoms with Gasteiger partial charge in [0.1, 0.15) is 11.5 Å². The zero-order valence-electron chi connectivity index (χ0n) is 12.4. The number of hydrogen-bond acceptors (Lipinski definition) is 4. The lowest BCUT2D eigenvalue weighted by atomic mass is 10.1. The van der Waals surface area contributed by atoms with E-state index in [1.165, 1.54) is 6.07 Å². The molecule has 0 fully saturated rings. The number of rotatable bonds is 7. The number of hydrogen-bond donors (Lipinski definition) is 1. The highest BCUT2D eigenvalue weighted by molar-refractivity contribution is 5.63. The lowest BCUT2D eigenvalue weighted by Gasteiger charge is -2.20. The molecule has 0 saturated carbocycles. The lowest BCUT2D eigenvalue weighted by Crippen LogP contribution is -2.28. The summed E-state index contributed by atoms with van der Waals surface area (Å²) in [5, 5.41) is 13.9. The van der Waals surface area contributed by atoms with Crippen LogP contribution in [0.25, 0.3) is 0 Å². The number of nitro benzene ring substituents is 1. The molecule has 6 heteroatoms. The van der Waals surface area contributed by atoms with E-state index in [1.54, 1.807) is 6.92 Å². The number of nitrogens with one attached hydrogen (secondary N) is 1. The van der Waals surface area contributed by atoms with E-state index in [-0.39, 0.29) is 5.69 Å². The standard InChI is InChI=1S/C14H22FN3O2/c1-10(2)17(4)7-5-6-16-13-8-11(3)12(15)9-14(13)18(19)20/h8-10,16H,5-7H2,1-4H3. The first-order valence-corrected chi connectivity index (χ1v) is 6.71. The minimum Gasteiger partial charge on any atom is -0.379 e. The summed E-state index contributed by atoms with van der Waals surface area (Å²) in [5.74, 6) is -0.554. The highest BCUT2D eigenvalue weighted by Gasteiger charge is 2.16. The summed E-state index contributed by atoms with van der Waals surface area (Å²) in [6, 6.07) is 2.93. The van der Waals surface area contributed by atoms with Crippen LogP contribution in [0.15, 0.2) is 12.1 Å². The fourth-order valence-electron chi connectivity index (χ4n) is 1.77. The molecule has 0 amide bonds. The van der Waals surface area contributed by atoms with Crippen LogP contribution in [0.3, 0.4) is 0 Å². The molecule has 0 atom stereocenters. The van der Waals surface area contributed by atoms with Crippen LogP contribution in [-0.2, 0) is 0 Å². The zero-order chi connectivity index (χ0) is 15.3. The number of halogens is 1. The number of nitro groups is 1. The predicted octanol–water partition coefficient (Wildman–Crippen LogP) is 3.18. The van der Waals surface area contributed by atoms with Gasteiger partial charge in [0.2, 0.25) is 0 Å². The molecular formula is C14H22FN3O2. The molecule has 1 rings (SSSR count). The smallest absolute Gasteiger partial charge is 0.295 e. The molecule has 0 radical (unpaired) electrons. The van der Waals surface area contributed by atoms with Gasteiger partial charge in [-0.3, -0.25) is 10.1 Å². The van der Waals surface area contributed by atoms with Crippen LogP contribution in [0.4, 0.5) is 15.8 Å². The van der Waals surface area contributed by atoms with Crippen LogP contribution in [0.5, 0.6) is 0 Å². The van der Waals surface area contributed by atoms with Crippen molar-refractivity contribution in [2.75, 3.05) is 25.5 Å². The Hall–Kier alpha value is -1.69. The Bertz CT molecular complexity index is 478. The summed E-state index contributed by atoms with van der Waals surface area (Å²) in [6.07, 6.45) is 0.863. The van der Waals surface area contributed by atoms with E-state index in [2.05, 4.69) is 24.1 Å². The molecule has 0 unspecified atom stereocenters. The molecule has 0 aromatic heterocycles. The molecule has 5 nitrogen and oxygen atoms in total. The summed E-state index contributed by atoms with van der Waals surface area (Å²) in [5.41, 5.74) is 0.559. The molecule has 0 heterocycles. The monoisotopic (exact) mass is 283 g/mol. The highest BCUT2D eigenvalue weighted by Crippen LogP contribution is 2.27. The van der Waals surface area contributed by atoms with Gasteiger partial charge in [-0.05, 0) is 52.4 Å². The Morgan fingerprint density at radius 3 is 2.65 bits per heavy atom. The summed E-state index contributed by atoms with van der Waals surface area (Å²) >= 11 is 0. The first-order valence-electron chi connectivity index (χ1n) is 6.71. The number of aryl methyl sites for hydroxylation is 1. The third-order valence-corrected chi connectivity index (χ3v) is 3.36. The van der Waals surface area contributed by atoms with Gasteiger partial charge in [-0.15, -0.1) is 0 Å². The first-order chi connectivity index (χ1) is 9.32. The summed E-state index contributed by atoms with van der Waals surface area (Å²) in [4.78, 5) is 12.5. The fourth-order valence-corrected chi connectivity index (χ4v) is 1.77. The number of benzene rings is 1. The van der Waals surface area contributed by atoms with E-state index in [4.69, 9.17) is 0 Å². The zero-order valence-corrected chi connectivity index (χ0v) is 12.4. The van der Waals surface area contributed by atoms with Crippen LogP contribution in [0.1, 0.15) is 25.8 Å². The van der Waals surface area contributed by atoms with Gasteiger partial charge in [0, 0.05) is 12.6 Å². The maximum Gasteiger partial charge on any atom is 0.295 e. The summed E-state index contributed by atoms with van der Waals surface area (Å²) in [7, 11) is 2.04. The second-order valence-electron chi connectivity index (χ2n) is 5.23. The maximum atomic E-state index is 13.4. The Labute approximate surface area is 118 Å². The van der Waals surface area contributed by atoms with Crippen LogP contribution in [0.2, 0.25) is 0 Å². The van der Waals surface area contributed by atoms with Crippen molar-refractivity contribution in [2.45, 2.75) is 33.2 Å². The molecule has 112 valence electrons. The molecule has 0 aliphatic rings. The van der Waals surface area contributed by atoms with Crippen LogP contribution < -0.4 is 5.32 Å². The molecule has 0 aliphatic heterocycles. The molecule has 1 aromatic rings. The fraction of sp³-hybridized carbons (Fsp3) is 0.571. The van der Waals surface area contributed by atoms with Gasteiger partial charge in [-0.2, -0.15) is 0 Å². The van der Waals surface area contributed by atoms with E-state index < -0.39 is 10.7 Å². The molecular weight excluding hydrogens is 261 g/mol. The molecule has 0 saturated heterocycles. The largest absolute Gasteiger partial charge is 0.379 e. The molecule has 0 spiro atoms. The van der Waals surface area contributed by atoms with Gasteiger partial charge < -0.3 is 10.2 Å². The number of anilines is 1. The lowest BCUT2D eigenvalue weighted by molar-refractivity contribution is -0.384. The van der Waals surface area contributed by atoms with Gasteiger partial charge in [0.25, 0.3) is 5.69 Å². The van der Waals surface area contributed by atoms with Crippen molar-refractivity contribution in [2.24, 2.45) is 0 Å². The van der Waals surface area contributed by atoms with E-state index in [1.807, 2.05) is 7.05 Å². The summed E-state index contributed by atoms with van der Waals surface area (Å²) < 4.78 is 13.4. The van der Waals surface area contributed by atoms with E-state index >= 15 is 0 Å². The normalized spacial score (nSPS) is 11.2. The van der Waals surface area contributed by atoms with Crippen LogP contribution in [0, 0.1) is 22.9 Å². The Kier molecular flexibility index (Phi) is 5.88. The van der Waals surface area contributed by atoms with E-state index in [0.29, 0.717) is 23.8 Å². The average Bonchev–Trinajstić information content (AvgIpc) is 2.37.